The predicted octanol–water partition coefficient (Wildman–Crippen LogP) is 6.10. The summed E-state index contributed by atoms with van der Waals surface area (Å²) < 4.78 is 31.0. The van der Waals surface area contributed by atoms with E-state index in [-0.39, 0.29) is 18.3 Å². The Bertz CT molecular complexity index is 1130. The maximum Gasteiger partial charge on any atom is 0.271 e. The van der Waals surface area contributed by atoms with Crippen molar-refractivity contribution >= 4 is 44.0 Å². The van der Waals surface area contributed by atoms with Crippen LogP contribution in [0.4, 0.5) is 4.39 Å². The van der Waals surface area contributed by atoms with Crippen molar-refractivity contribution in [1.82, 2.24) is 5.43 Å². The number of halogens is 3. The van der Waals surface area contributed by atoms with Gasteiger partial charge in [0.25, 0.3) is 5.91 Å². The Morgan fingerprint density at radius 3 is 2.36 bits per heavy atom. The highest BCUT2D eigenvalue weighted by atomic mass is 79.9. The van der Waals surface area contributed by atoms with Crippen molar-refractivity contribution in [2.24, 2.45) is 5.10 Å². The molecule has 9 heteroatoms. The summed E-state index contributed by atoms with van der Waals surface area (Å²) in [6.45, 7) is 2.65. The van der Waals surface area contributed by atoms with E-state index >= 15 is 0 Å². The standard InChI is InChI=1S/C24H21Br2FN2O4/c1-3-32-21-9-6-17(12-22(21)31-2)24(30)29-28-13-16-10-19(25)23(20(26)11-16)33-14-15-4-7-18(27)8-5-15/h4-13H,3,14H2,1-2H3,(H,29,30)/b28-13+. The number of hydrogen-bond acceptors (Lipinski definition) is 5. The van der Waals surface area contributed by atoms with Crippen LogP contribution >= 0.6 is 31.9 Å². The van der Waals surface area contributed by atoms with Crippen molar-refractivity contribution in [3.63, 3.8) is 0 Å². The summed E-state index contributed by atoms with van der Waals surface area (Å²) in [5.74, 6) is 0.958. The molecule has 172 valence electrons. The predicted molar refractivity (Wildman–Crippen MR) is 132 cm³/mol. The van der Waals surface area contributed by atoms with Gasteiger partial charge in [-0.1, -0.05) is 12.1 Å². The minimum atomic E-state index is -0.384. The second-order valence-corrected chi connectivity index (χ2v) is 8.44. The summed E-state index contributed by atoms with van der Waals surface area (Å²) >= 11 is 6.97. The number of nitrogens with one attached hydrogen (secondary N) is 1. The number of nitrogens with zero attached hydrogens (tertiary/aromatic N) is 1. The van der Waals surface area contributed by atoms with E-state index in [9.17, 15) is 9.18 Å². The van der Waals surface area contributed by atoms with Gasteiger partial charge in [-0.15, -0.1) is 0 Å². The van der Waals surface area contributed by atoms with Crippen molar-refractivity contribution in [2.45, 2.75) is 13.5 Å². The van der Waals surface area contributed by atoms with Crippen LogP contribution in [0.1, 0.15) is 28.4 Å². The van der Waals surface area contributed by atoms with Gasteiger partial charge in [0.15, 0.2) is 11.5 Å². The summed E-state index contributed by atoms with van der Waals surface area (Å²) in [6, 6.07) is 14.6. The fraction of sp³-hybridized carbons (Fsp3) is 0.167. The summed E-state index contributed by atoms with van der Waals surface area (Å²) in [7, 11) is 1.51. The third-order valence-electron chi connectivity index (χ3n) is 4.42. The molecule has 0 bridgehead atoms. The molecule has 0 saturated heterocycles. The van der Waals surface area contributed by atoms with Crippen LogP contribution in [-0.2, 0) is 6.61 Å². The minimum Gasteiger partial charge on any atom is -0.493 e. The molecular weight excluding hydrogens is 559 g/mol. The highest BCUT2D eigenvalue weighted by Crippen LogP contribution is 2.35. The summed E-state index contributed by atoms with van der Waals surface area (Å²) in [5.41, 5.74) is 4.46. The minimum absolute atomic E-state index is 0.284. The van der Waals surface area contributed by atoms with Gasteiger partial charge in [-0.3, -0.25) is 4.79 Å². The topological polar surface area (TPSA) is 69.2 Å². The molecule has 0 unspecified atom stereocenters. The molecule has 0 spiro atoms. The highest BCUT2D eigenvalue weighted by Gasteiger charge is 2.11. The van der Waals surface area contributed by atoms with Crippen molar-refractivity contribution < 1.29 is 23.4 Å². The summed E-state index contributed by atoms with van der Waals surface area (Å²) in [6.07, 6.45) is 1.52. The van der Waals surface area contributed by atoms with Crippen LogP contribution in [0.5, 0.6) is 17.2 Å². The Morgan fingerprint density at radius 2 is 1.73 bits per heavy atom. The van der Waals surface area contributed by atoms with E-state index in [0.29, 0.717) is 38.4 Å². The first-order chi connectivity index (χ1) is 15.9. The highest BCUT2D eigenvalue weighted by molar-refractivity contribution is 9.11. The molecule has 0 radical (unpaired) electrons. The first-order valence-electron chi connectivity index (χ1n) is 9.91. The third-order valence-corrected chi connectivity index (χ3v) is 5.60. The number of rotatable bonds is 9. The molecule has 1 amide bonds. The third kappa shape index (κ3) is 6.79. The van der Waals surface area contributed by atoms with Crippen LogP contribution in [-0.4, -0.2) is 25.8 Å². The molecule has 0 fully saturated rings. The molecule has 0 aromatic heterocycles. The SMILES string of the molecule is CCOc1ccc(C(=O)N/N=C/c2cc(Br)c(OCc3ccc(F)cc3)c(Br)c2)cc1OC. The van der Waals surface area contributed by atoms with Crippen LogP contribution in [0.3, 0.4) is 0 Å². The molecular formula is C24H21Br2FN2O4. The lowest BCUT2D eigenvalue weighted by molar-refractivity contribution is 0.0954. The van der Waals surface area contributed by atoms with Gasteiger partial charge in [0, 0.05) is 5.56 Å². The van der Waals surface area contributed by atoms with Gasteiger partial charge in [0.1, 0.15) is 18.2 Å². The molecule has 0 aliphatic rings. The molecule has 0 aliphatic carbocycles. The quantitative estimate of drug-likeness (QED) is 0.246. The van der Waals surface area contributed by atoms with Gasteiger partial charge in [-0.25, -0.2) is 9.82 Å². The number of ether oxygens (including phenoxy) is 3. The molecule has 0 aliphatic heterocycles. The van der Waals surface area contributed by atoms with E-state index in [1.165, 1.54) is 25.5 Å². The van der Waals surface area contributed by atoms with E-state index in [0.717, 1.165) is 11.1 Å². The van der Waals surface area contributed by atoms with Crippen molar-refractivity contribution in [3.8, 4) is 17.2 Å². The van der Waals surface area contributed by atoms with Gasteiger partial charge in [0.2, 0.25) is 0 Å². The van der Waals surface area contributed by atoms with Crippen LogP contribution in [0.2, 0.25) is 0 Å². The zero-order chi connectivity index (χ0) is 23.8. The maximum atomic E-state index is 13.0. The average Bonchev–Trinajstić information content (AvgIpc) is 2.80. The van der Waals surface area contributed by atoms with Crippen LogP contribution < -0.4 is 19.6 Å². The number of amides is 1. The van der Waals surface area contributed by atoms with Gasteiger partial charge in [-0.05, 0) is 92.4 Å². The number of methoxy groups -OCH3 is 1. The Morgan fingerprint density at radius 1 is 1.03 bits per heavy atom. The molecule has 33 heavy (non-hydrogen) atoms. The van der Waals surface area contributed by atoms with E-state index in [1.807, 2.05) is 6.92 Å². The molecule has 0 saturated carbocycles. The molecule has 3 aromatic carbocycles. The zero-order valence-corrected chi connectivity index (χ0v) is 21.1. The van der Waals surface area contributed by atoms with Crippen molar-refractivity contribution in [2.75, 3.05) is 13.7 Å². The van der Waals surface area contributed by atoms with E-state index in [2.05, 4.69) is 42.4 Å². The van der Waals surface area contributed by atoms with Gasteiger partial charge in [0.05, 0.1) is 28.9 Å². The molecule has 0 atom stereocenters. The molecule has 1 N–H and O–H groups in total. The maximum absolute atomic E-state index is 13.0. The zero-order valence-electron chi connectivity index (χ0n) is 17.9. The Balaban J connectivity index is 1.64. The van der Waals surface area contributed by atoms with Gasteiger partial charge < -0.3 is 14.2 Å². The first-order valence-corrected chi connectivity index (χ1v) is 11.5. The number of benzene rings is 3. The summed E-state index contributed by atoms with van der Waals surface area (Å²) in [4.78, 5) is 12.4. The first kappa shape index (κ1) is 24.7. The van der Waals surface area contributed by atoms with Gasteiger partial charge >= 0.3 is 0 Å². The lowest BCUT2D eigenvalue weighted by Gasteiger charge is -2.11. The van der Waals surface area contributed by atoms with Gasteiger partial charge in [-0.2, -0.15) is 5.10 Å². The van der Waals surface area contributed by atoms with Crippen LogP contribution in [0, 0.1) is 5.82 Å². The normalized spacial score (nSPS) is 10.8. The number of hydrazone groups is 1. The van der Waals surface area contributed by atoms with E-state index in [4.69, 9.17) is 14.2 Å². The second kappa shape index (κ2) is 11.8. The van der Waals surface area contributed by atoms with Crippen LogP contribution in [0.15, 0.2) is 68.6 Å². The van der Waals surface area contributed by atoms with Crippen LogP contribution in [0.25, 0.3) is 0 Å². The molecule has 3 rings (SSSR count). The lowest BCUT2D eigenvalue weighted by atomic mass is 10.2. The molecule has 3 aromatic rings. The average molecular weight is 580 g/mol. The number of hydrogen-bond donors (Lipinski definition) is 1. The molecule has 6 nitrogen and oxygen atoms in total. The monoisotopic (exact) mass is 578 g/mol. The number of carbonyl (C=O) groups is 1. The Labute approximate surface area is 208 Å². The van der Waals surface area contributed by atoms with Crippen molar-refractivity contribution in [1.29, 1.82) is 0 Å². The van der Waals surface area contributed by atoms with E-state index < -0.39 is 0 Å². The second-order valence-electron chi connectivity index (χ2n) is 6.73. The smallest absolute Gasteiger partial charge is 0.271 e. The molecule has 0 heterocycles. The largest absolute Gasteiger partial charge is 0.493 e. The number of carbonyl (C=O) groups excluding carboxylic acids is 1. The Kier molecular flexibility index (Phi) is 8.85. The van der Waals surface area contributed by atoms with E-state index in [1.54, 1.807) is 42.5 Å². The lowest BCUT2D eigenvalue weighted by Crippen LogP contribution is -2.17. The Hall–Kier alpha value is -2.91. The van der Waals surface area contributed by atoms with Crippen molar-refractivity contribution in [3.05, 3.63) is 86.1 Å². The fourth-order valence-corrected chi connectivity index (χ4v) is 4.29. The fourth-order valence-electron chi connectivity index (χ4n) is 2.84. The summed E-state index contributed by atoms with van der Waals surface area (Å²) in [5, 5.41) is 4.03.